The molecule has 5 heteroatoms. The van der Waals surface area contributed by atoms with Crippen LogP contribution in [0.4, 0.5) is 0 Å². The second-order valence-corrected chi connectivity index (χ2v) is 7.04. The molecule has 0 aliphatic rings. The zero-order valence-electron chi connectivity index (χ0n) is 14.0. The third-order valence-corrected chi connectivity index (χ3v) is 4.71. The Balaban J connectivity index is 2.17. The third-order valence-electron chi connectivity index (χ3n) is 3.73. The van der Waals surface area contributed by atoms with E-state index in [1.165, 1.54) is 23.4 Å². The number of rotatable bonds is 6. The van der Waals surface area contributed by atoms with Gasteiger partial charge in [-0.05, 0) is 44.4 Å². The average Bonchev–Trinajstić information content (AvgIpc) is 2.49. The number of carbonyl (C=O) groups excluding carboxylic acids is 1. The van der Waals surface area contributed by atoms with Gasteiger partial charge >= 0.3 is 0 Å². The number of H-pyrrole nitrogens is 1. The van der Waals surface area contributed by atoms with Crippen LogP contribution < -0.4 is 5.56 Å². The Morgan fingerprint density at radius 1 is 1.26 bits per heavy atom. The summed E-state index contributed by atoms with van der Waals surface area (Å²) < 4.78 is 0. The molecule has 0 spiro atoms. The number of ketones is 1. The van der Waals surface area contributed by atoms with E-state index >= 15 is 0 Å². The number of Topliss-reactive ketones (excluding diaryl/α,β-unsaturated/α-hetero) is 1. The van der Waals surface area contributed by atoms with Crippen LogP contribution in [0.25, 0.3) is 0 Å². The van der Waals surface area contributed by atoms with Gasteiger partial charge in [-0.2, -0.15) is 0 Å². The van der Waals surface area contributed by atoms with Crippen molar-refractivity contribution in [2.24, 2.45) is 0 Å². The van der Waals surface area contributed by atoms with Gasteiger partial charge in [-0.3, -0.25) is 9.59 Å². The molecule has 2 rings (SSSR count). The van der Waals surface area contributed by atoms with E-state index in [0.29, 0.717) is 10.7 Å². The van der Waals surface area contributed by atoms with E-state index in [0.717, 1.165) is 24.1 Å². The zero-order chi connectivity index (χ0) is 17.0. The van der Waals surface area contributed by atoms with Gasteiger partial charge < -0.3 is 4.98 Å². The largest absolute Gasteiger partial charge is 0.301 e. The summed E-state index contributed by atoms with van der Waals surface area (Å²) in [7, 11) is 0. The summed E-state index contributed by atoms with van der Waals surface area (Å²) in [5.41, 5.74) is 3.56. The van der Waals surface area contributed by atoms with Crippen molar-refractivity contribution < 1.29 is 4.79 Å². The number of aromatic amines is 1. The fourth-order valence-electron chi connectivity index (χ4n) is 2.27. The summed E-state index contributed by atoms with van der Waals surface area (Å²) in [6.07, 6.45) is 1.69. The molecule has 4 nitrogen and oxygen atoms in total. The molecule has 0 fully saturated rings. The first kappa shape index (κ1) is 17.5. The van der Waals surface area contributed by atoms with Gasteiger partial charge in [0, 0.05) is 17.3 Å². The lowest BCUT2D eigenvalue weighted by Crippen LogP contribution is -2.16. The van der Waals surface area contributed by atoms with Crippen LogP contribution in [0.2, 0.25) is 0 Å². The number of hydrogen-bond acceptors (Lipinski definition) is 4. The molecule has 0 saturated carbocycles. The second kappa shape index (κ2) is 7.59. The van der Waals surface area contributed by atoms with Crippen molar-refractivity contribution in [3.63, 3.8) is 0 Å². The number of aromatic nitrogens is 2. The highest BCUT2D eigenvalue weighted by Crippen LogP contribution is 2.23. The number of aryl methyl sites for hydroxylation is 3. The maximum atomic E-state index is 12.6. The van der Waals surface area contributed by atoms with Crippen LogP contribution >= 0.6 is 11.8 Å². The van der Waals surface area contributed by atoms with Gasteiger partial charge in [-0.25, -0.2) is 4.98 Å². The van der Waals surface area contributed by atoms with Crippen LogP contribution in [-0.2, 0) is 6.42 Å². The lowest BCUT2D eigenvalue weighted by Gasteiger charge is -2.11. The fraction of sp³-hybridized carbons (Fsp3) is 0.389. The summed E-state index contributed by atoms with van der Waals surface area (Å²) in [6, 6.07) is 7.25. The summed E-state index contributed by atoms with van der Waals surface area (Å²) in [5, 5.41) is 0.197. The molecular formula is C18H22N2O2S. The van der Waals surface area contributed by atoms with Gasteiger partial charge in [-0.1, -0.05) is 37.2 Å². The van der Waals surface area contributed by atoms with Crippen LogP contribution in [0.3, 0.4) is 0 Å². The lowest BCUT2D eigenvalue weighted by atomic mass is 10.0. The first-order chi connectivity index (χ1) is 10.9. The quantitative estimate of drug-likeness (QED) is 0.498. The number of nitrogens with zero attached hydrogens (tertiary/aromatic N) is 1. The molecule has 1 atom stereocenters. The molecule has 0 unspecified atom stereocenters. The molecule has 2 aromatic rings. The van der Waals surface area contributed by atoms with Gasteiger partial charge in [0.05, 0.1) is 5.25 Å². The highest BCUT2D eigenvalue weighted by Gasteiger charge is 2.18. The normalized spacial score (nSPS) is 12.2. The Bertz CT molecular complexity index is 768. The molecule has 1 aromatic heterocycles. The average molecular weight is 330 g/mol. The van der Waals surface area contributed by atoms with Crippen molar-refractivity contribution in [2.45, 2.75) is 50.9 Å². The number of thioether (sulfide) groups is 1. The number of nitrogens with one attached hydrogen (secondary N) is 1. The van der Waals surface area contributed by atoms with Gasteiger partial charge in [0.15, 0.2) is 10.9 Å². The molecule has 23 heavy (non-hydrogen) atoms. The Hall–Kier alpha value is -1.88. The summed E-state index contributed by atoms with van der Waals surface area (Å²) in [6.45, 7) is 7.91. The smallest absolute Gasteiger partial charge is 0.251 e. The predicted octanol–water partition coefficient (Wildman–Crippen LogP) is 3.70. The molecule has 1 N–H and O–H groups in total. The summed E-state index contributed by atoms with van der Waals surface area (Å²) in [5.74, 6) is 0.0432. The molecular weight excluding hydrogens is 308 g/mol. The fourth-order valence-corrected chi connectivity index (χ4v) is 3.18. The van der Waals surface area contributed by atoms with E-state index < -0.39 is 0 Å². The molecule has 0 saturated heterocycles. The first-order valence-corrected chi connectivity index (χ1v) is 8.67. The van der Waals surface area contributed by atoms with Gasteiger partial charge in [0.1, 0.15) is 0 Å². The number of carbonyl (C=O) groups is 1. The molecule has 0 aliphatic carbocycles. The molecule has 0 radical (unpaired) electrons. The standard InChI is InChI=1S/C18H22N2O2S/c1-5-6-15-10-16(21)20-18(19-15)23-13(4)17(22)14-8-7-11(2)12(3)9-14/h7-10,13H,5-6H2,1-4H3,(H,19,20,21)/t13-/m1/s1. The molecule has 1 heterocycles. The van der Waals surface area contributed by atoms with Crippen molar-refractivity contribution in [1.82, 2.24) is 9.97 Å². The maximum Gasteiger partial charge on any atom is 0.251 e. The third kappa shape index (κ3) is 4.55. The van der Waals surface area contributed by atoms with Crippen molar-refractivity contribution in [3.8, 4) is 0 Å². The van der Waals surface area contributed by atoms with Crippen LogP contribution in [0.5, 0.6) is 0 Å². The van der Waals surface area contributed by atoms with Crippen molar-refractivity contribution in [3.05, 3.63) is 57.0 Å². The highest BCUT2D eigenvalue weighted by molar-refractivity contribution is 8.00. The minimum Gasteiger partial charge on any atom is -0.301 e. The number of benzene rings is 1. The van der Waals surface area contributed by atoms with Crippen LogP contribution in [0.15, 0.2) is 34.2 Å². The van der Waals surface area contributed by atoms with E-state index in [2.05, 4.69) is 9.97 Å². The zero-order valence-corrected chi connectivity index (χ0v) is 14.8. The Kier molecular flexibility index (Phi) is 5.77. The Labute approximate surface area is 140 Å². The monoisotopic (exact) mass is 330 g/mol. The van der Waals surface area contributed by atoms with E-state index in [-0.39, 0.29) is 16.6 Å². The maximum absolute atomic E-state index is 12.6. The van der Waals surface area contributed by atoms with E-state index in [4.69, 9.17) is 0 Å². The first-order valence-electron chi connectivity index (χ1n) is 7.79. The molecule has 0 aliphatic heterocycles. The molecule has 122 valence electrons. The van der Waals surface area contributed by atoms with Crippen molar-refractivity contribution in [2.75, 3.05) is 0 Å². The van der Waals surface area contributed by atoms with Crippen molar-refractivity contribution in [1.29, 1.82) is 0 Å². The molecule has 0 bridgehead atoms. The minimum atomic E-state index is -0.308. The lowest BCUT2D eigenvalue weighted by molar-refractivity contribution is 0.0993. The summed E-state index contributed by atoms with van der Waals surface area (Å²) >= 11 is 1.29. The topological polar surface area (TPSA) is 62.8 Å². The Morgan fingerprint density at radius 2 is 2.00 bits per heavy atom. The van der Waals surface area contributed by atoms with Gasteiger partial charge in [-0.15, -0.1) is 0 Å². The number of hydrogen-bond donors (Lipinski definition) is 1. The van der Waals surface area contributed by atoms with Gasteiger partial charge in [0.25, 0.3) is 5.56 Å². The highest BCUT2D eigenvalue weighted by atomic mass is 32.2. The van der Waals surface area contributed by atoms with Crippen LogP contribution in [-0.4, -0.2) is 21.0 Å². The second-order valence-electron chi connectivity index (χ2n) is 5.72. The van der Waals surface area contributed by atoms with E-state index in [9.17, 15) is 9.59 Å². The minimum absolute atomic E-state index is 0.0432. The van der Waals surface area contributed by atoms with Crippen LogP contribution in [0.1, 0.15) is 47.4 Å². The van der Waals surface area contributed by atoms with Gasteiger partial charge in [0.2, 0.25) is 0 Å². The van der Waals surface area contributed by atoms with Crippen LogP contribution in [0, 0.1) is 13.8 Å². The predicted molar refractivity (Wildman–Crippen MR) is 94.4 cm³/mol. The molecule has 0 amide bonds. The molecule has 1 aromatic carbocycles. The SMILES string of the molecule is CCCc1cc(=O)[nH]c(S[C@H](C)C(=O)c2ccc(C)c(C)c2)n1. The van der Waals surface area contributed by atoms with E-state index in [1.807, 2.05) is 45.9 Å². The summed E-state index contributed by atoms with van der Waals surface area (Å²) in [4.78, 5) is 31.4. The Morgan fingerprint density at radius 3 is 2.65 bits per heavy atom. The van der Waals surface area contributed by atoms with Crippen molar-refractivity contribution >= 4 is 17.5 Å². The van der Waals surface area contributed by atoms with E-state index in [1.54, 1.807) is 0 Å².